The molecule has 0 aromatic heterocycles. The molecule has 0 atom stereocenters. The van der Waals surface area contributed by atoms with Crippen LogP contribution in [0.3, 0.4) is 0 Å². The van der Waals surface area contributed by atoms with E-state index in [9.17, 15) is 0 Å². The summed E-state index contributed by atoms with van der Waals surface area (Å²) in [5.74, 6) is 0. The summed E-state index contributed by atoms with van der Waals surface area (Å²) in [5.41, 5.74) is 2.70. The molecular formula is C37H31SSi2. The zero-order chi connectivity index (χ0) is 27.0. The van der Waals surface area contributed by atoms with E-state index in [2.05, 4.69) is 193 Å². The van der Waals surface area contributed by atoms with Crippen LogP contribution in [0, 0.1) is 0 Å². The van der Waals surface area contributed by atoms with Crippen molar-refractivity contribution in [3.8, 4) is 0 Å². The van der Waals surface area contributed by atoms with Gasteiger partial charge in [0.2, 0.25) is 0 Å². The van der Waals surface area contributed by atoms with E-state index in [1.54, 1.807) is 0 Å². The van der Waals surface area contributed by atoms with Gasteiger partial charge in [-0.1, -0.05) is 192 Å². The van der Waals surface area contributed by atoms with E-state index in [0.29, 0.717) is 0 Å². The van der Waals surface area contributed by atoms with Crippen molar-refractivity contribution in [3.63, 3.8) is 0 Å². The van der Waals surface area contributed by atoms with Crippen LogP contribution in [0.1, 0.15) is 16.4 Å². The highest BCUT2D eigenvalue weighted by Gasteiger charge is 2.50. The fourth-order valence-electron chi connectivity index (χ4n) is 5.54. The van der Waals surface area contributed by atoms with E-state index in [1.165, 1.54) is 31.9 Å². The first kappa shape index (κ1) is 26.3. The Labute approximate surface area is 244 Å². The second-order valence-electron chi connectivity index (χ2n) is 9.84. The van der Waals surface area contributed by atoms with Crippen molar-refractivity contribution in [2.75, 3.05) is 0 Å². The smallest absolute Gasteiger partial charge is 0.164 e. The molecule has 0 bridgehead atoms. The van der Waals surface area contributed by atoms with Crippen LogP contribution >= 0.6 is 11.2 Å². The first-order valence-electron chi connectivity index (χ1n) is 13.7. The second-order valence-corrected chi connectivity index (χ2v) is 22.3. The molecule has 193 valence electrons. The van der Waals surface area contributed by atoms with Crippen molar-refractivity contribution in [1.29, 1.82) is 0 Å². The number of hydrogen-bond donors (Lipinski definition) is 0. The zero-order valence-electron chi connectivity index (χ0n) is 22.3. The molecule has 0 aliphatic carbocycles. The third kappa shape index (κ3) is 5.41. The topological polar surface area (TPSA) is 0 Å². The Morgan fingerprint density at radius 1 is 0.375 bits per heavy atom. The predicted molar refractivity (Wildman–Crippen MR) is 178 cm³/mol. The molecule has 0 aliphatic heterocycles. The standard InChI is InChI=1S/C37H31SSi2/c1-7-19-31(20-8-1)37(32-21-9-2-10-22-32)38-40(35-27-15-5-16-28-35,36-29-17-6-18-30-36)39(33-23-11-3-12-24-33)34-25-13-4-14-26-34/h1-30,37H. The lowest BCUT2D eigenvalue weighted by Crippen LogP contribution is -2.75. The minimum absolute atomic E-state index is 0.196. The van der Waals surface area contributed by atoms with Crippen LogP contribution in [0.5, 0.6) is 0 Å². The number of hydrogen-bond acceptors (Lipinski definition) is 1. The van der Waals surface area contributed by atoms with Crippen LogP contribution in [0.2, 0.25) is 0 Å². The van der Waals surface area contributed by atoms with Gasteiger partial charge < -0.3 is 0 Å². The van der Waals surface area contributed by atoms with Crippen LogP contribution in [-0.2, 0) is 0 Å². The van der Waals surface area contributed by atoms with Gasteiger partial charge in [0, 0.05) is 5.25 Å². The monoisotopic (exact) mass is 563 g/mol. The first-order valence-corrected chi connectivity index (χ1v) is 19.8. The van der Waals surface area contributed by atoms with Gasteiger partial charge in [0.05, 0.1) is 0 Å². The summed E-state index contributed by atoms with van der Waals surface area (Å²) < 4.78 is 0. The molecule has 0 spiro atoms. The molecule has 0 N–H and O–H groups in total. The Morgan fingerprint density at radius 3 is 1.02 bits per heavy atom. The SMILES string of the molecule is c1ccc(C(S[Si](c2ccccc2)(c2ccccc2)[Si](c2ccccc2)c2ccccc2)c2ccccc2)cc1. The minimum atomic E-state index is -2.57. The normalized spacial score (nSPS) is 11.6. The maximum Gasteiger partial charge on any atom is 0.177 e. The van der Waals surface area contributed by atoms with E-state index < -0.39 is 15.1 Å². The molecule has 40 heavy (non-hydrogen) atoms. The summed E-state index contributed by atoms with van der Waals surface area (Å²) in [6, 6.07) is 67.7. The van der Waals surface area contributed by atoms with Crippen molar-refractivity contribution in [3.05, 3.63) is 193 Å². The Morgan fingerprint density at radius 2 is 0.675 bits per heavy atom. The summed E-state index contributed by atoms with van der Waals surface area (Å²) >= 11 is 2.23. The Kier molecular flexibility index (Phi) is 8.24. The Hall–Kier alpha value is -3.90. The Balaban J connectivity index is 1.69. The predicted octanol–water partition coefficient (Wildman–Crippen LogP) is 6.66. The lowest BCUT2D eigenvalue weighted by molar-refractivity contribution is 1.16. The van der Waals surface area contributed by atoms with Crippen molar-refractivity contribution < 1.29 is 0 Å². The van der Waals surface area contributed by atoms with Gasteiger partial charge in [0.25, 0.3) is 0 Å². The lowest BCUT2D eigenvalue weighted by atomic mass is 10.0. The largest absolute Gasteiger partial charge is 0.177 e. The van der Waals surface area contributed by atoms with Crippen molar-refractivity contribution in [2.24, 2.45) is 0 Å². The van der Waals surface area contributed by atoms with E-state index in [1.807, 2.05) is 0 Å². The molecule has 0 unspecified atom stereocenters. The maximum atomic E-state index is 2.40. The average Bonchev–Trinajstić information content (AvgIpc) is 3.05. The van der Waals surface area contributed by atoms with Crippen LogP contribution in [0.25, 0.3) is 0 Å². The molecule has 0 nitrogen and oxygen atoms in total. The van der Waals surface area contributed by atoms with Gasteiger partial charge in [0.15, 0.2) is 6.74 Å². The molecule has 0 amide bonds. The van der Waals surface area contributed by atoms with E-state index in [-0.39, 0.29) is 5.25 Å². The van der Waals surface area contributed by atoms with Crippen molar-refractivity contribution in [1.82, 2.24) is 0 Å². The van der Waals surface area contributed by atoms with E-state index >= 15 is 0 Å². The van der Waals surface area contributed by atoms with Gasteiger partial charge in [-0.05, 0) is 21.5 Å². The molecule has 0 aliphatic rings. The molecule has 0 saturated carbocycles. The molecule has 0 fully saturated rings. The molecule has 6 aromatic rings. The molecule has 6 aromatic carbocycles. The van der Waals surface area contributed by atoms with Gasteiger partial charge in [0.1, 0.15) is 8.31 Å². The lowest BCUT2D eigenvalue weighted by Gasteiger charge is -2.41. The van der Waals surface area contributed by atoms with Gasteiger partial charge in [-0.15, -0.1) is 0 Å². The molecule has 0 heterocycles. The molecule has 0 saturated heterocycles. The zero-order valence-corrected chi connectivity index (χ0v) is 25.1. The van der Waals surface area contributed by atoms with Crippen LogP contribution in [-0.4, -0.2) is 15.1 Å². The highest BCUT2D eigenvalue weighted by molar-refractivity contribution is 8.38. The van der Waals surface area contributed by atoms with E-state index in [4.69, 9.17) is 0 Å². The van der Waals surface area contributed by atoms with Crippen LogP contribution in [0.4, 0.5) is 0 Å². The highest BCUT2D eigenvalue weighted by atomic mass is 32.4. The van der Waals surface area contributed by atoms with Crippen molar-refractivity contribution in [2.45, 2.75) is 5.25 Å². The van der Waals surface area contributed by atoms with Gasteiger partial charge >= 0.3 is 0 Å². The molecule has 3 heteroatoms. The van der Waals surface area contributed by atoms with E-state index in [0.717, 1.165) is 0 Å². The summed E-state index contributed by atoms with van der Waals surface area (Å²) in [7, 11) is -1.31. The molecule has 6 rings (SSSR count). The van der Waals surface area contributed by atoms with Gasteiger partial charge in [-0.2, -0.15) is 11.2 Å². The molecular weight excluding hydrogens is 533 g/mol. The second kappa shape index (κ2) is 12.5. The van der Waals surface area contributed by atoms with Gasteiger partial charge in [-0.3, -0.25) is 0 Å². The van der Waals surface area contributed by atoms with Crippen LogP contribution < -0.4 is 20.7 Å². The highest BCUT2D eigenvalue weighted by Crippen LogP contribution is 2.42. The quantitative estimate of drug-likeness (QED) is 0.177. The summed E-state index contributed by atoms with van der Waals surface area (Å²) in [4.78, 5) is 0. The first-order chi connectivity index (χ1) is 19.9. The molecule has 1 radical (unpaired) electrons. The van der Waals surface area contributed by atoms with Gasteiger partial charge in [-0.25, -0.2) is 0 Å². The fraction of sp³-hybridized carbons (Fsp3) is 0.0270. The number of rotatable bonds is 9. The number of benzene rings is 6. The third-order valence-corrected chi connectivity index (χ3v) is 24.9. The summed E-state index contributed by atoms with van der Waals surface area (Å²) in [6.45, 7) is -2.57. The fourth-order valence-corrected chi connectivity index (χ4v) is 25.6. The van der Waals surface area contributed by atoms with Crippen molar-refractivity contribution >= 4 is 47.0 Å². The average molecular weight is 564 g/mol. The maximum absolute atomic E-state index is 2.57. The third-order valence-electron chi connectivity index (χ3n) is 7.34. The minimum Gasteiger partial charge on any atom is -0.164 e. The Bertz CT molecular complexity index is 1480. The summed E-state index contributed by atoms with van der Waals surface area (Å²) in [5, 5.41) is 6.08. The van der Waals surface area contributed by atoms with Crippen LogP contribution in [0.15, 0.2) is 182 Å². The summed E-state index contributed by atoms with van der Waals surface area (Å²) in [6.07, 6.45) is 0.